The van der Waals surface area contributed by atoms with Gasteiger partial charge in [-0.1, -0.05) is 23.7 Å². The predicted molar refractivity (Wildman–Crippen MR) is 157 cm³/mol. The first-order valence-corrected chi connectivity index (χ1v) is 14.8. The lowest BCUT2D eigenvalue weighted by atomic mass is 9.71. The van der Waals surface area contributed by atoms with Gasteiger partial charge in [0.2, 0.25) is 0 Å². The molecule has 0 bridgehead atoms. The SMILES string of the molecule is CN1CCC(F)(C(=O)N2CC[C@@H](Nc3ncc4c(c3F)[C@@](C)(c3cccc(Cl)c3F)CN(c3ncccc3F)C4=O)C2)CC1. The predicted octanol–water partition coefficient (Wildman–Crippen LogP) is 4.96. The first-order valence-electron chi connectivity index (χ1n) is 14.4. The maximum Gasteiger partial charge on any atom is 0.261 e. The molecular formula is C31H31ClF4N6O2. The lowest BCUT2D eigenvalue weighted by Crippen LogP contribution is -2.51. The Kier molecular flexibility index (Phi) is 7.77. The molecule has 2 saturated heterocycles. The van der Waals surface area contributed by atoms with E-state index < -0.39 is 46.4 Å². The molecule has 3 aliphatic rings. The number of nitrogens with zero attached hydrogens (tertiary/aromatic N) is 5. The van der Waals surface area contributed by atoms with Gasteiger partial charge in [0.1, 0.15) is 5.82 Å². The van der Waals surface area contributed by atoms with E-state index in [1.807, 2.05) is 11.9 Å². The lowest BCUT2D eigenvalue weighted by Gasteiger charge is -2.42. The van der Waals surface area contributed by atoms with Gasteiger partial charge in [-0.25, -0.2) is 27.5 Å². The number of pyridine rings is 2. The fraction of sp³-hybridized carbons (Fsp3) is 0.419. The highest BCUT2D eigenvalue weighted by molar-refractivity contribution is 6.30. The van der Waals surface area contributed by atoms with Crippen molar-refractivity contribution in [1.29, 1.82) is 0 Å². The van der Waals surface area contributed by atoms with Crippen LogP contribution in [0.4, 0.5) is 29.2 Å². The maximum atomic E-state index is 16.6. The minimum absolute atomic E-state index is 0.000137. The van der Waals surface area contributed by atoms with E-state index in [1.165, 1.54) is 41.6 Å². The van der Waals surface area contributed by atoms with Crippen LogP contribution in [0.25, 0.3) is 0 Å². The third kappa shape index (κ3) is 5.07. The number of carbonyl (C=O) groups excluding carboxylic acids is 2. The zero-order valence-electron chi connectivity index (χ0n) is 24.2. The number of hydrogen-bond donors (Lipinski definition) is 1. The fourth-order valence-electron chi connectivity index (χ4n) is 6.52. The first-order chi connectivity index (χ1) is 20.9. The van der Waals surface area contributed by atoms with Gasteiger partial charge in [-0.05, 0) is 38.6 Å². The smallest absolute Gasteiger partial charge is 0.261 e. The van der Waals surface area contributed by atoms with Crippen molar-refractivity contribution in [2.45, 2.75) is 43.3 Å². The molecule has 0 unspecified atom stereocenters. The highest BCUT2D eigenvalue weighted by atomic mass is 35.5. The normalized spacial score (nSPS) is 23.5. The molecule has 8 nitrogen and oxygen atoms in total. The van der Waals surface area contributed by atoms with Gasteiger partial charge in [-0.2, -0.15) is 0 Å². The Morgan fingerprint density at radius 1 is 1.07 bits per heavy atom. The molecule has 13 heteroatoms. The number of carbonyl (C=O) groups is 2. The van der Waals surface area contributed by atoms with Crippen LogP contribution >= 0.6 is 11.6 Å². The highest BCUT2D eigenvalue weighted by Crippen LogP contribution is 2.45. The van der Waals surface area contributed by atoms with Gasteiger partial charge in [-0.3, -0.25) is 14.5 Å². The molecular weight excluding hydrogens is 600 g/mol. The minimum atomic E-state index is -1.93. The van der Waals surface area contributed by atoms with Gasteiger partial charge in [0.25, 0.3) is 11.8 Å². The average Bonchev–Trinajstić information content (AvgIpc) is 3.47. The van der Waals surface area contributed by atoms with Crippen LogP contribution in [0.2, 0.25) is 5.02 Å². The van der Waals surface area contributed by atoms with Crippen molar-refractivity contribution in [3.63, 3.8) is 0 Å². The van der Waals surface area contributed by atoms with E-state index in [-0.39, 0.29) is 59.3 Å². The molecule has 1 aromatic carbocycles. The summed E-state index contributed by atoms with van der Waals surface area (Å²) in [5.74, 6) is -4.27. The summed E-state index contributed by atoms with van der Waals surface area (Å²) in [6.45, 7) is 2.60. The summed E-state index contributed by atoms with van der Waals surface area (Å²) >= 11 is 6.12. The van der Waals surface area contributed by atoms with Gasteiger partial charge < -0.3 is 15.1 Å². The quantitative estimate of drug-likeness (QED) is 0.402. The van der Waals surface area contributed by atoms with E-state index in [0.29, 0.717) is 26.1 Å². The second-order valence-corrected chi connectivity index (χ2v) is 12.4. The molecule has 2 aromatic heterocycles. The van der Waals surface area contributed by atoms with Gasteiger partial charge in [0.05, 0.1) is 10.6 Å². The van der Waals surface area contributed by atoms with Crippen LogP contribution in [0, 0.1) is 17.5 Å². The van der Waals surface area contributed by atoms with E-state index in [4.69, 9.17) is 11.6 Å². The second kappa shape index (κ2) is 11.3. The first kappa shape index (κ1) is 30.3. The molecule has 0 aliphatic carbocycles. The third-order valence-electron chi connectivity index (χ3n) is 9.04. The van der Waals surface area contributed by atoms with Crippen molar-refractivity contribution >= 4 is 35.1 Å². The number of rotatable bonds is 5. The number of aromatic nitrogens is 2. The Morgan fingerprint density at radius 3 is 2.55 bits per heavy atom. The molecule has 2 atom stereocenters. The number of amides is 2. The van der Waals surface area contributed by atoms with Crippen molar-refractivity contribution < 1.29 is 27.2 Å². The zero-order valence-corrected chi connectivity index (χ0v) is 25.0. The largest absolute Gasteiger partial charge is 0.363 e. The van der Waals surface area contributed by atoms with Crippen molar-refractivity contribution in [1.82, 2.24) is 19.8 Å². The van der Waals surface area contributed by atoms with Crippen molar-refractivity contribution in [3.8, 4) is 0 Å². The monoisotopic (exact) mass is 630 g/mol. The van der Waals surface area contributed by atoms with Crippen LogP contribution in [0.5, 0.6) is 0 Å². The van der Waals surface area contributed by atoms with E-state index in [2.05, 4.69) is 15.3 Å². The molecule has 0 spiro atoms. The summed E-state index contributed by atoms with van der Waals surface area (Å²) in [7, 11) is 1.88. The molecule has 5 heterocycles. The standard InChI is InChI=1S/C31H31ClF4N6O2/c1-30(20-5-3-6-21(32)24(20)34)17-42(27-22(33)7-4-11-37-27)28(43)19-15-38-26(25(35)23(19)30)39-18-8-12-41(16-18)29(44)31(36)9-13-40(2)14-10-31/h3-7,11,15,18H,8-10,12-14,16-17H2,1-2H3,(H,38,39)/t18-,30-/m1/s1. The molecule has 6 rings (SSSR count). The molecule has 0 radical (unpaired) electrons. The van der Waals surface area contributed by atoms with Gasteiger partial charge >= 0.3 is 0 Å². The Labute approximate surface area is 257 Å². The molecule has 2 fully saturated rings. The van der Waals surface area contributed by atoms with Crippen LogP contribution < -0.4 is 10.2 Å². The Balaban J connectivity index is 1.34. The average molecular weight is 631 g/mol. The second-order valence-electron chi connectivity index (χ2n) is 12.0. The van der Waals surface area contributed by atoms with Crippen LogP contribution in [-0.4, -0.2) is 83.1 Å². The Bertz CT molecular complexity index is 1630. The molecule has 232 valence electrons. The van der Waals surface area contributed by atoms with E-state index in [9.17, 15) is 14.0 Å². The number of halogens is 5. The third-order valence-corrected chi connectivity index (χ3v) is 9.33. The summed E-state index contributed by atoms with van der Waals surface area (Å²) in [6, 6.07) is 6.37. The molecule has 1 N–H and O–H groups in total. The molecule has 2 amide bonds. The number of benzene rings is 1. The van der Waals surface area contributed by atoms with Crippen molar-refractivity contribution in [3.05, 3.63) is 81.9 Å². The number of likely N-dealkylation sites (tertiary alicyclic amines) is 2. The Hall–Kier alpha value is -3.77. The summed E-state index contributed by atoms with van der Waals surface area (Å²) in [6.07, 6.45) is 3.14. The molecule has 0 saturated carbocycles. The van der Waals surface area contributed by atoms with Crippen LogP contribution in [-0.2, 0) is 10.2 Å². The van der Waals surface area contributed by atoms with Crippen LogP contribution in [0.3, 0.4) is 0 Å². The van der Waals surface area contributed by atoms with Crippen molar-refractivity contribution in [2.24, 2.45) is 0 Å². The van der Waals surface area contributed by atoms with E-state index in [0.717, 1.165) is 11.0 Å². The number of fused-ring (bicyclic) bond motifs is 1. The number of nitrogens with one attached hydrogen (secondary N) is 1. The zero-order chi connectivity index (χ0) is 31.4. The number of alkyl halides is 1. The summed E-state index contributed by atoms with van der Waals surface area (Å²) in [5.41, 5.74) is -3.79. The molecule has 3 aliphatic heterocycles. The number of piperidine rings is 1. The molecule has 3 aromatic rings. The van der Waals surface area contributed by atoms with Gasteiger partial charge in [0.15, 0.2) is 28.9 Å². The van der Waals surface area contributed by atoms with Gasteiger partial charge in [0, 0.05) is 80.5 Å². The fourth-order valence-corrected chi connectivity index (χ4v) is 6.70. The van der Waals surface area contributed by atoms with Gasteiger partial charge in [-0.15, -0.1) is 0 Å². The number of hydrogen-bond acceptors (Lipinski definition) is 6. The lowest BCUT2D eigenvalue weighted by molar-refractivity contribution is -0.146. The number of anilines is 2. The Morgan fingerprint density at radius 2 is 1.82 bits per heavy atom. The molecule has 44 heavy (non-hydrogen) atoms. The van der Waals surface area contributed by atoms with Crippen molar-refractivity contribution in [2.75, 3.05) is 50.0 Å². The van der Waals surface area contributed by atoms with E-state index in [1.54, 1.807) is 6.92 Å². The summed E-state index contributed by atoms with van der Waals surface area (Å²) < 4.78 is 62.5. The van der Waals surface area contributed by atoms with E-state index >= 15 is 13.2 Å². The summed E-state index contributed by atoms with van der Waals surface area (Å²) in [4.78, 5) is 39.4. The van der Waals surface area contributed by atoms with Crippen LogP contribution in [0.15, 0.2) is 42.7 Å². The highest BCUT2D eigenvalue weighted by Gasteiger charge is 2.48. The minimum Gasteiger partial charge on any atom is -0.363 e. The van der Waals surface area contributed by atoms with Crippen LogP contribution in [0.1, 0.15) is 47.7 Å². The summed E-state index contributed by atoms with van der Waals surface area (Å²) in [5, 5.41) is 2.82. The topological polar surface area (TPSA) is 81.7 Å². The maximum absolute atomic E-state index is 16.6.